The Bertz CT molecular complexity index is 33.2. The molecule has 0 aromatic heterocycles. The van der Waals surface area contributed by atoms with Crippen LogP contribution in [-0.2, 0) is 3.84 Å². The molecular weight excluding hydrogens is 181 g/mol. The van der Waals surface area contributed by atoms with Crippen LogP contribution in [0, 0.1) is 22.1 Å². The molecule has 0 aliphatic heterocycles. The zero-order valence-electron chi connectivity index (χ0n) is 2.39. The molecule has 0 unspecified atom stereocenters. The van der Waals surface area contributed by atoms with Crippen molar-refractivity contribution >= 4 is 59.1 Å². The molecule has 8 heavy (non-hydrogen) atoms. The molecule has 0 saturated carbocycles. The summed E-state index contributed by atoms with van der Waals surface area (Å²) in [5, 5.41) is 0. The Hall–Kier alpha value is 2.42. The Morgan fingerprint density at radius 3 is 1.62 bits per heavy atom. The monoisotopic (exact) mass is 182 g/mol. The molecule has 0 rings (SSSR count). The minimum atomic E-state index is -2.40. The Kier molecular flexibility index (Phi) is 25.5. The van der Waals surface area contributed by atoms with Crippen molar-refractivity contribution in [3.8, 4) is 0 Å². The van der Waals surface area contributed by atoms with E-state index in [1.54, 1.807) is 0 Å². The van der Waals surface area contributed by atoms with E-state index < -0.39 is 10.8 Å². The predicted octanol–water partition coefficient (Wildman–Crippen LogP) is -4.93. The summed E-state index contributed by atoms with van der Waals surface area (Å²) in [5.41, 5.74) is 0. The molecule has 0 aliphatic rings. The molecule has 0 aliphatic carbocycles. The molecule has 0 aromatic rings. The van der Waals surface area contributed by atoms with E-state index in [0.29, 0.717) is 0 Å². The van der Waals surface area contributed by atoms with Gasteiger partial charge in [0.1, 0.15) is 0 Å². The molecule has 8 heteroatoms. The number of hydrogen-bond donors (Lipinski definition) is 0. The van der Waals surface area contributed by atoms with Crippen LogP contribution in [0.3, 0.4) is 0 Å². The first kappa shape index (κ1) is 16.8. The molecular formula is H2Cl2Na2O4. The normalized spacial score (nSPS) is 7.50. The van der Waals surface area contributed by atoms with Crippen LogP contribution in [0.5, 0.6) is 0 Å². The second kappa shape index (κ2) is 12.1. The molecule has 0 heterocycles. The molecule has 0 radical (unpaired) electrons. The second-order valence-corrected chi connectivity index (χ2v) is 1.28. The average molecular weight is 183 g/mol. The molecule has 0 fully saturated rings. The summed E-state index contributed by atoms with van der Waals surface area (Å²) in [4.78, 5) is 0. The third-order valence-corrected chi connectivity index (χ3v) is 0.643. The Morgan fingerprint density at radius 2 is 1.62 bits per heavy atom. The van der Waals surface area contributed by atoms with Crippen LogP contribution >= 0.6 is 0 Å². The third kappa shape index (κ3) is 15.8. The van der Waals surface area contributed by atoms with E-state index in [4.69, 9.17) is 14.0 Å². The molecule has 0 bridgehead atoms. The Labute approximate surface area is 97.6 Å². The minimum Gasteiger partial charge on any atom is -0.497 e. The summed E-state index contributed by atoms with van der Waals surface area (Å²) < 4.78 is 30.4. The SMILES string of the molecule is [NaH].[NaH].[O-][Cl+]O[Cl+2]([O-])[O-]. The Balaban J connectivity index is -0.000000125. The summed E-state index contributed by atoms with van der Waals surface area (Å²) in [7, 11) is -2.40. The number of halogens is 2. The van der Waals surface area contributed by atoms with Crippen molar-refractivity contribution in [1.82, 2.24) is 0 Å². The summed E-state index contributed by atoms with van der Waals surface area (Å²) in [6, 6.07) is 0. The van der Waals surface area contributed by atoms with Gasteiger partial charge in [-0.1, -0.05) is 0 Å². The van der Waals surface area contributed by atoms with Gasteiger partial charge in [0.15, 0.2) is 0 Å². The van der Waals surface area contributed by atoms with Crippen molar-refractivity contribution in [2.75, 3.05) is 0 Å². The fraction of sp³-hybridized carbons (Fsp3) is 0. The molecule has 0 aromatic carbocycles. The number of hydrogen-bond acceptors (Lipinski definition) is 4. The average Bonchev–Trinajstić information content (AvgIpc) is 1.35. The first-order valence-corrected chi connectivity index (χ1v) is 2.31. The van der Waals surface area contributed by atoms with Crippen LogP contribution in [0.1, 0.15) is 0 Å². The van der Waals surface area contributed by atoms with E-state index >= 15 is 0 Å². The third-order valence-electron chi connectivity index (χ3n) is 0.0714. The van der Waals surface area contributed by atoms with E-state index in [1.165, 1.54) is 0 Å². The van der Waals surface area contributed by atoms with Crippen LogP contribution in [0.4, 0.5) is 0 Å². The largest absolute Gasteiger partial charge is 0.497 e. The molecule has 4 nitrogen and oxygen atoms in total. The van der Waals surface area contributed by atoms with Gasteiger partial charge in [-0.2, -0.15) is 0 Å². The van der Waals surface area contributed by atoms with Crippen LogP contribution in [0.25, 0.3) is 0 Å². The van der Waals surface area contributed by atoms with Gasteiger partial charge < -0.3 is 14.0 Å². The first-order chi connectivity index (χ1) is 2.77. The van der Waals surface area contributed by atoms with Crippen LogP contribution < -0.4 is 14.0 Å². The fourth-order valence-corrected chi connectivity index (χ4v) is 0.175. The molecule has 42 valence electrons. The maximum Gasteiger partial charge on any atom is 0.451 e. The summed E-state index contributed by atoms with van der Waals surface area (Å²) in [5.74, 6) is 0. The van der Waals surface area contributed by atoms with Gasteiger partial charge in [0, 0.05) is 0 Å². The van der Waals surface area contributed by atoms with Gasteiger partial charge >= 0.3 is 85.1 Å². The van der Waals surface area contributed by atoms with E-state index in [-0.39, 0.29) is 70.4 Å². The van der Waals surface area contributed by atoms with E-state index in [2.05, 4.69) is 3.84 Å². The van der Waals surface area contributed by atoms with Gasteiger partial charge in [-0.15, -0.1) is 0 Å². The molecule has 0 N–H and O–H groups in total. The summed E-state index contributed by atoms with van der Waals surface area (Å²) in [6.07, 6.45) is 0. The van der Waals surface area contributed by atoms with Crippen molar-refractivity contribution in [1.29, 1.82) is 0 Å². The standard InChI is InChI=1S/Cl2O4.2Na.2H/c3-1-6-2(4)5;;;;. The zero-order chi connectivity index (χ0) is 4.99. The van der Waals surface area contributed by atoms with Gasteiger partial charge in [-0.05, 0) is 0 Å². The van der Waals surface area contributed by atoms with Gasteiger partial charge in [0.25, 0.3) is 0 Å². The van der Waals surface area contributed by atoms with Crippen molar-refractivity contribution in [3.05, 3.63) is 0 Å². The van der Waals surface area contributed by atoms with Crippen molar-refractivity contribution in [3.63, 3.8) is 0 Å². The van der Waals surface area contributed by atoms with Crippen LogP contribution in [-0.4, -0.2) is 59.1 Å². The van der Waals surface area contributed by atoms with E-state index in [0.717, 1.165) is 0 Å². The maximum absolute atomic E-state index is 9.11. The van der Waals surface area contributed by atoms with E-state index in [9.17, 15) is 0 Å². The van der Waals surface area contributed by atoms with Crippen molar-refractivity contribution < 1.29 is 39.9 Å². The second-order valence-electron chi connectivity index (χ2n) is 0.310. The van der Waals surface area contributed by atoms with Crippen LogP contribution in [0.15, 0.2) is 0 Å². The predicted molar refractivity (Wildman–Crippen MR) is 15.4 cm³/mol. The fourth-order valence-electron chi connectivity index (χ4n) is 0.0194. The smallest absolute Gasteiger partial charge is 0.451 e. The quantitative estimate of drug-likeness (QED) is 0.401. The van der Waals surface area contributed by atoms with Gasteiger partial charge in [0.2, 0.25) is 0 Å². The topological polar surface area (TPSA) is 78.4 Å². The van der Waals surface area contributed by atoms with Crippen molar-refractivity contribution in [2.45, 2.75) is 0 Å². The van der Waals surface area contributed by atoms with E-state index in [1.807, 2.05) is 0 Å². The summed E-state index contributed by atoms with van der Waals surface area (Å²) >= 11 is -0.0836. The summed E-state index contributed by atoms with van der Waals surface area (Å²) in [6.45, 7) is 0. The number of rotatable bonds is 2. The van der Waals surface area contributed by atoms with Gasteiger partial charge in [-0.3, -0.25) is 0 Å². The molecule has 0 saturated heterocycles. The van der Waals surface area contributed by atoms with Crippen molar-refractivity contribution in [2.24, 2.45) is 0 Å². The van der Waals surface area contributed by atoms with Gasteiger partial charge in [-0.25, -0.2) is 0 Å². The zero-order valence-corrected chi connectivity index (χ0v) is 3.90. The van der Waals surface area contributed by atoms with Gasteiger partial charge in [0.05, 0.1) is 0 Å². The Morgan fingerprint density at radius 1 is 1.25 bits per heavy atom. The minimum absolute atomic E-state index is 0. The molecule has 0 amide bonds. The first-order valence-electron chi connectivity index (χ1n) is 0.772. The maximum atomic E-state index is 9.11. The van der Waals surface area contributed by atoms with Crippen LogP contribution in [0.2, 0.25) is 0 Å². The molecule has 0 atom stereocenters. The molecule has 0 spiro atoms.